The van der Waals surface area contributed by atoms with Crippen LogP contribution in [0.1, 0.15) is 47.0 Å². The first kappa shape index (κ1) is 20.0. The standard InChI is InChI=1S/C19H20ClFN2O2S2/c1-2-25-18(24)16-12-6-4-3-5-7-15(12)27-17(16)23-19(26)22-14-9-8-11(20)10-13(14)21/h8-10H,2-7H2,1H3,(H2,22,23,26). The number of thiocarbonyl (C=S) groups is 1. The minimum absolute atomic E-state index is 0.207. The molecule has 1 aliphatic carbocycles. The Morgan fingerprint density at radius 2 is 2.07 bits per heavy atom. The van der Waals surface area contributed by atoms with E-state index in [1.165, 1.54) is 28.3 Å². The van der Waals surface area contributed by atoms with Crippen LogP contribution in [0.15, 0.2) is 18.2 Å². The van der Waals surface area contributed by atoms with Crippen molar-refractivity contribution >= 4 is 56.9 Å². The van der Waals surface area contributed by atoms with Crippen molar-refractivity contribution in [3.63, 3.8) is 0 Å². The first-order chi connectivity index (χ1) is 13.0. The number of rotatable bonds is 4. The van der Waals surface area contributed by atoms with Crippen LogP contribution in [0.5, 0.6) is 0 Å². The van der Waals surface area contributed by atoms with Crippen LogP contribution < -0.4 is 10.6 Å². The molecule has 0 saturated carbocycles. The van der Waals surface area contributed by atoms with Gasteiger partial charge in [-0.05, 0) is 68.6 Å². The van der Waals surface area contributed by atoms with Gasteiger partial charge in [0.2, 0.25) is 0 Å². The second-order valence-corrected chi connectivity index (χ2v) is 8.14. The third-order valence-electron chi connectivity index (χ3n) is 4.31. The van der Waals surface area contributed by atoms with E-state index in [1.54, 1.807) is 13.0 Å². The molecule has 1 aromatic carbocycles. The largest absolute Gasteiger partial charge is 0.462 e. The molecular formula is C19H20ClFN2O2S2. The van der Waals surface area contributed by atoms with Crippen molar-refractivity contribution in [1.29, 1.82) is 0 Å². The van der Waals surface area contributed by atoms with Gasteiger partial charge in [-0.2, -0.15) is 0 Å². The predicted octanol–water partition coefficient (Wildman–Crippen LogP) is 5.80. The number of carbonyl (C=O) groups excluding carboxylic acids is 1. The minimum atomic E-state index is -0.501. The molecule has 144 valence electrons. The summed E-state index contributed by atoms with van der Waals surface area (Å²) in [5, 5.41) is 7.04. The number of thiophene rings is 1. The molecule has 27 heavy (non-hydrogen) atoms. The number of fused-ring (bicyclic) bond motifs is 1. The lowest BCUT2D eigenvalue weighted by molar-refractivity contribution is 0.0527. The normalized spacial score (nSPS) is 13.4. The molecular weight excluding hydrogens is 407 g/mol. The van der Waals surface area contributed by atoms with Gasteiger partial charge in [0.25, 0.3) is 0 Å². The molecule has 2 N–H and O–H groups in total. The van der Waals surface area contributed by atoms with E-state index in [4.69, 9.17) is 28.6 Å². The summed E-state index contributed by atoms with van der Waals surface area (Å²) in [7, 11) is 0. The van der Waals surface area contributed by atoms with Gasteiger partial charge in [-0.3, -0.25) is 0 Å². The molecule has 1 aliphatic rings. The van der Waals surface area contributed by atoms with Crippen LogP contribution in [-0.4, -0.2) is 17.7 Å². The summed E-state index contributed by atoms with van der Waals surface area (Å²) in [6.07, 6.45) is 5.11. The van der Waals surface area contributed by atoms with Crippen LogP contribution in [0.25, 0.3) is 0 Å². The van der Waals surface area contributed by atoms with E-state index in [0.717, 1.165) is 37.7 Å². The Hall–Kier alpha value is -1.70. The molecule has 0 fully saturated rings. The van der Waals surface area contributed by atoms with E-state index in [1.807, 2.05) is 0 Å². The lowest BCUT2D eigenvalue weighted by atomic mass is 10.1. The molecule has 1 heterocycles. The summed E-state index contributed by atoms with van der Waals surface area (Å²) in [5.74, 6) is -0.848. The molecule has 0 radical (unpaired) electrons. The quantitative estimate of drug-likeness (QED) is 0.368. The number of carbonyl (C=O) groups is 1. The van der Waals surface area contributed by atoms with E-state index in [0.29, 0.717) is 22.2 Å². The third-order valence-corrected chi connectivity index (χ3v) is 5.95. The van der Waals surface area contributed by atoms with Gasteiger partial charge in [0.15, 0.2) is 5.11 Å². The fraction of sp³-hybridized carbons (Fsp3) is 0.368. The van der Waals surface area contributed by atoms with Crippen molar-refractivity contribution in [2.24, 2.45) is 0 Å². The van der Waals surface area contributed by atoms with E-state index in [-0.39, 0.29) is 16.8 Å². The van der Waals surface area contributed by atoms with Crippen LogP contribution >= 0.6 is 35.2 Å². The van der Waals surface area contributed by atoms with Gasteiger partial charge >= 0.3 is 5.97 Å². The van der Waals surface area contributed by atoms with Gasteiger partial charge < -0.3 is 15.4 Å². The second kappa shape index (κ2) is 8.99. The second-order valence-electron chi connectivity index (χ2n) is 6.19. The number of esters is 1. The average molecular weight is 427 g/mol. The monoisotopic (exact) mass is 426 g/mol. The zero-order valence-electron chi connectivity index (χ0n) is 14.9. The van der Waals surface area contributed by atoms with Crippen molar-refractivity contribution < 1.29 is 13.9 Å². The maximum Gasteiger partial charge on any atom is 0.341 e. The number of ether oxygens (including phenoxy) is 1. The lowest BCUT2D eigenvalue weighted by Crippen LogP contribution is -2.21. The first-order valence-corrected chi connectivity index (χ1v) is 10.4. The number of halogens is 2. The molecule has 0 bridgehead atoms. The van der Waals surface area contributed by atoms with Crippen LogP contribution in [0, 0.1) is 5.82 Å². The fourth-order valence-corrected chi connectivity index (χ4v) is 4.81. The Morgan fingerprint density at radius 3 is 2.81 bits per heavy atom. The summed E-state index contributed by atoms with van der Waals surface area (Å²) >= 11 is 12.6. The fourth-order valence-electron chi connectivity index (χ4n) is 3.10. The van der Waals surface area contributed by atoms with E-state index in [9.17, 15) is 9.18 Å². The van der Waals surface area contributed by atoms with Gasteiger partial charge in [-0.25, -0.2) is 9.18 Å². The van der Waals surface area contributed by atoms with Crippen molar-refractivity contribution in [2.75, 3.05) is 17.2 Å². The van der Waals surface area contributed by atoms with Crippen LogP contribution in [0.2, 0.25) is 5.02 Å². The predicted molar refractivity (Wildman–Crippen MR) is 113 cm³/mol. The van der Waals surface area contributed by atoms with Gasteiger partial charge in [0.1, 0.15) is 10.8 Å². The van der Waals surface area contributed by atoms with E-state index in [2.05, 4.69) is 10.6 Å². The molecule has 2 aromatic rings. The Morgan fingerprint density at radius 1 is 1.30 bits per heavy atom. The first-order valence-electron chi connectivity index (χ1n) is 8.84. The minimum Gasteiger partial charge on any atom is -0.462 e. The zero-order chi connectivity index (χ0) is 19.4. The highest BCUT2D eigenvalue weighted by atomic mass is 35.5. The number of hydrogen-bond acceptors (Lipinski definition) is 4. The van der Waals surface area contributed by atoms with Crippen molar-refractivity contribution in [3.05, 3.63) is 45.0 Å². The molecule has 0 saturated heterocycles. The molecule has 0 aliphatic heterocycles. The van der Waals surface area contributed by atoms with Gasteiger partial charge in [-0.1, -0.05) is 18.0 Å². The highest BCUT2D eigenvalue weighted by Crippen LogP contribution is 2.38. The smallest absolute Gasteiger partial charge is 0.341 e. The topological polar surface area (TPSA) is 50.4 Å². The highest BCUT2D eigenvalue weighted by molar-refractivity contribution is 7.80. The van der Waals surface area contributed by atoms with E-state index >= 15 is 0 Å². The molecule has 0 unspecified atom stereocenters. The van der Waals surface area contributed by atoms with Crippen molar-refractivity contribution in [1.82, 2.24) is 0 Å². The van der Waals surface area contributed by atoms with Crippen LogP contribution in [0.3, 0.4) is 0 Å². The molecule has 8 heteroatoms. The summed E-state index contributed by atoms with van der Waals surface area (Å²) in [5.41, 5.74) is 1.83. The molecule has 0 amide bonds. The summed E-state index contributed by atoms with van der Waals surface area (Å²) in [4.78, 5) is 13.7. The van der Waals surface area contributed by atoms with Crippen LogP contribution in [-0.2, 0) is 17.6 Å². The lowest BCUT2D eigenvalue weighted by Gasteiger charge is -2.12. The van der Waals surface area contributed by atoms with Crippen LogP contribution in [0.4, 0.5) is 15.1 Å². The van der Waals surface area contributed by atoms with Gasteiger partial charge in [0.05, 0.1) is 17.9 Å². The zero-order valence-corrected chi connectivity index (χ0v) is 17.3. The summed E-state index contributed by atoms with van der Waals surface area (Å²) in [6.45, 7) is 2.09. The van der Waals surface area contributed by atoms with Gasteiger partial charge in [-0.15, -0.1) is 11.3 Å². The Bertz CT molecular complexity index is 870. The molecule has 0 atom stereocenters. The summed E-state index contributed by atoms with van der Waals surface area (Å²) < 4.78 is 19.2. The number of aryl methyl sites for hydroxylation is 1. The Balaban J connectivity index is 1.84. The number of benzene rings is 1. The van der Waals surface area contributed by atoms with Crippen molar-refractivity contribution in [3.8, 4) is 0 Å². The third kappa shape index (κ3) is 4.78. The number of nitrogens with one attached hydrogen (secondary N) is 2. The molecule has 3 rings (SSSR count). The maximum atomic E-state index is 14.0. The Labute approximate surface area is 172 Å². The highest BCUT2D eigenvalue weighted by Gasteiger charge is 2.26. The number of anilines is 2. The van der Waals surface area contributed by atoms with E-state index < -0.39 is 5.82 Å². The average Bonchev–Trinajstić information content (AvgIpc) is 2.78. The van der Waals surface area contributed by atoms with Crippen molar-refractivity contribution in [2.45, 2.75) is 39.0 Å². The number of hydrogen-bond donors (Lipinski definition) is 2. The SMILES string of the molecule is CCOC(=O)c1c(NC(=S)Nc2ccc(Cl)cc2F)sc2c1CCCCC2. The maximum absolute atomic E-state index is 14.0. The molecule has 1 aromatic heterocycles. The summed E-state index contributed by atoms with van der Waals surface area (Å²) in [6, 6.07) is 4.30. The Kier molecular flexibility index (Phi) is 6.68. The molecule has 0 spiro atoms. The molecule has 4 nitrogen and oxygen atoms in total. The van der Waals surface area contributed by atoms with Gasteiger partial charge in [0, 0.05) is 9.90 Å².